The number of nitrogens with one attached hydrogen (secondary N) is 1. The van der Waals surface area contributed by atoms with Crippen molar-refractivity contribution in [3.8, 4) is 0 Å². The van der Waals surface area contributed by atoms with Crippen molar-refractivity contribution in [3.63, 3.8) is 0 Å². The van der Waals surface area contributed by atoms with Crippen LogP contribution >= 0.6 is 11.6 Å². The standard InChI is InChI=1S/C12H14ClN5O/c1-2-11(9-4-3-5-10(13)6-9)15-12(19)7-18-8-14-16-17-18/h3-6,8,11H,2,7H2,1H3,(H,15,19). The second kappa shape index (κ2) is 6.29. The lowest BCUT2D eigenvalue weighted by atomic mass is 10.0. The number of rotatable bonds is 5. The Morgan fingerprint density at radius 3 is 3.00 bits per heavy atom. The molecule has 0 aliphatic carbocycles. The summed E-state index contributed by atoms with van der Waals surface area (Å²) in [7, 11) is 0. The predicted molar refractivity (Wildman–Crippen MR) is 70.4 cm³/mol. The molecule has 6 nitrogen and oxygen atoms in total. The largest absolute Gasteiger partial charge is 0.348 e. The molecule has 0 spiro atoms. The number of amides is 1. The van der Waals surface area contributed by atoms with Gasteiger partial charge in [0, 0.05) is 5.02 Å². The lowest BCUT2D eigenvalue weighted by Gasteiger charge is -2.17. The van der Waals surface area contributed by atoms with Crippen LogP contribution in [0.4, 0.5) is 0 Å². The van der Waals surface area contributed by atoms with Gasteiger partial charge >= 0.3 is 0 Å². The van der Waals surface area contributed by atoms with E-state index >= 15 is 0 Å². The molecule has 0 bridgehead atoms. The average molecular weight is 280 g/mol. The van der Waals surface area contributed by atoms with Crippen LogP contribution in [0.5, 0.6) is 0 Å². The van der Waals surface area contributed by atoms with Gasteiger partial charge in [-0.05, 0) is 34.5 Å². The van der Waals surface area contributed by atoms with E-state index in [-0.39, 0.29) is 18.5 Å². The van der Waals surface area contributed by atoms with E-state index in [1.807, 2.05) is 25.1 Å². The van der Waals surface area contributed by atoms with Crippen molar-refractivity contribution < 1.29 is 4.79 Å². The van der Waals surface area contributed by atoms with Crippen molar-refractivity contribution in [1.82, 2.24) is 25.5 Å². The molecule has 0 aliphatic rings. The molecule has 0 aliphatic heterocycles. The molecule has 1 amide bonds. The first-order chi connectivity index (χ1) is 9.19. The molecule has 0 fully saturated rings. The molecule has 1 N–H and O–H groups in total. The van der Waals surface area contributed by atoms with E-state index < -0.39 is 0 Å². The van der Waals surface area contributed by atoms with Crippen LogP contribution in [0.3, 0.4) is 0 Å². The molecule has 0 saturated carbocycles. The van der Waals surface area contributed by atoms with Crippen LogP contribution in [-0.4, -0.2) is 26.1 Å². The number of carbonyl (C=O) groups excluding carboxylic acids is 1. The zero-order chi connectivity index (χ0) is 13.7. The van der Waals surface area contributed by atoms with E-state index in [1.54, 1.807) is 6.07 Å². The Hall–Kier alpha value is -1.95. The van der Waals surface area contributed by atoms with Crippen molar-refractivity contribution in [3.05, 3.63) is 41.2 Å². The molecular weight excluding hydrogens is 266 g/mol. The molecule has 1 unspecified atom stereocenters. The van der Waals surface area contributed by atoms with Crippen LogP contribution in [0, 0.1) is 0 Å². The molecule has 0 radical (unpaired) electrons. The van der Waals surface area contributed by atoms with Crippen molar-refractivity contribution in [2.24, 2.45) is 0 Å². The summed E-state index contributed by atoms with van der Waals surface area (Å²) in [5, 5.41) is 14.2. The molecular formula is C12H14ClN5O. The number of carbonyl (C=O) groups is 1. The number of tetrazole rings is 1. The van der Waals surface area contributed by atoms with Gasteiger partial charge in [0.05, 0.1) is 6.04 Å². The second-order valence-electron chi connectivity index (χ2n) is 4.09. The summed E-state index contributed by atoms with van der Waals surface area (Å²) in [4.78, 5) is 11.9. The first-order valence-corrected chi connectivity index (χ1v) is 6.32. The number of halogens is 1. The van der Waals surface area contributed by atoms with Gasteiger partial charge < -0.3 is 5.32 Å². The highest BCUT2D eigenvalue weighted by atomic mass is 35.5. The van der Waals surface area contributed by atoms with Crippen LogP contribution in [0.15, 0.2) is 30.6 Å². The minimum Gasteiger partial charge on any atom is -0.348 e. The summed E-state index contributed by atoms with van der Waals surface area (Å²) in [6, 6.07) is 7.40. The molecule has 1 atom stereocenters. The van der Waals surface area contributed by atoms with E-state index in [0.29, 0.717) is 5.02 Å². The third kappa shape index (κ3) is 3.75. The molecule has 2 rings (SSSR count). The van der Waals surface area contributed by atoms with Crippen molar-refractivity contribution in [1.29, 1.82) is 0 Å². The topological polar surface area (TPSA) is 72.7 Å². The number of hydrogen-bond acceptors (Lipinski definition) is 4. The zero-order valence-corrected chi connectivity index (χ0v) is 11.2. The van der Waals surface area contributed by atoms with Gasteiger partial charge in [-0.2, -0.15) is 0 Å². The summed E-state index contributed by atoms with van der Waals surface area (Å²) in [5.74, 6) is -0.140. The van der Waals surface area contributed by atoms with Gasteiger partial charge in [-0.15, -0.1) is 5.10 Å². The first-order valence-electron chi connectivity index (χ1n) is 5.94. The molecule has 1 heterocycles. The number of nitrogens with zero attached hydrogens (tertiary/aromatic N) is 4. The van der Waals surface area contributed by atoms with Gasteiger partial charge in [0.1, 0.15) is 12.9 Å². The van der Waals surface area contributed by atoms with Gasteiger partial charge in [-0.25, -0.2) is 4.68 Å². The Bertz CT molecular complexity index is 543. The van der Waals surface area contributed by atoms with Crippen LogP contribution < -0.4 is 5.32 Å². The van der Waals surface area contributed by atoms with Gasteiger partial charge in [0.2, 0.25) is 5.91 Å². The third-order valence-corrected chi connectivity index (χ3v) is 2.93. The van der Waals surface area contributed by atoms with Crippen LogP contribution in [0.1, 0.15) is 24.9 Å². The maximum absolute atomic E-state index is 11.9. The monoisotopic (exact) mass is 279 g/mol. The average Bonchev–Trinajstić information content (AvgIpc) is 2.88. The van der Waals surface area contributed by atoms with E-state index in [1.165, 1.54) is 11.0 Å². The SMILES string of the molecule is CCC(NC(=O)Cn1cnnn1)c1cccc(Cl)c1. The zero-order valence-electron chi connectivity index (χ0n) is 10.5. The molecule has 2 aromatic rings. The van der Waals surface area contributed by atoms with E-state index in [4.69, 9.17) is 11.6 Å². The van der Waals surface area contributed by atoms with Crippen LogP contribution in [-0.2, 0) is 11.3 Å². The van der Waals surface area contributed by atoms with Gasteiger partial charge in [0.15, 0.2) is 0 Å². The lowest BCUT2D eigenvalue weighted by molar-refractivity contribution is -0.122. The minimum absolute atomic E-state index is 0.0670. The summed E-state index contributed by atoms with van der Waals surface area (Å²) in [5.41, 5.74) is 0.986. The Balaban J connectivity index is 2.01. The Morgan fingerprint density at radius 1 is 1.53 bits per heavy atom. The number of hydrogen-bond donors (Lipinski definition) is 1. The molecule has 1 aromatic carbocycles. The van der Waals surface area contributed by atoms with E-state index in [2.05, 4.69) is 20.8 Å². The second-order valence-corrected chi connectivity index (χ2v) is 4.53. The van der Waals surface area contributed by atoms with Crippen molar-refractivity contribution in [2.75, 3.05) is 0 Å². The smallest absolute Gasteiger partial charge is 0.242 e. The summed E-state index contributed by atoms with van der Waals surface area (Å²) >= 11 is 5.95. The lowest BCUT2D eigenvalue weighted by Crippen LogP contribution is -2.31. The normalized spacial score (nSPS) is 12.1. The van der Waals surface area contributed by atoms with Crippen molar-refractivity contribution in [2.45, 2.75) is 25.9 Å². The fourth-order valence-corrected chi connectivity index (χ4v) is 1.98. The quantitative estimate of drug-likeness (QED) is 0.902. The van der Waals surface area contributed by atoms with Gasteiger partial charge in [0.25, 0.3) is 0 Å². The summed E-state index contributed by atoms with van der Waals surface area (Å²) < 4.78 is 1.38. The Morgan fingerprint density at radius 2 is 2.37 bits per heavy atom. The fourth-order valence-electron chi connectivity index (χ4n) is 1.78. The van der Waals surface area contributed by atoms with Crippen molar-refractivity contribution >= 4 is 17.5 Å². The maximum Gasteiger partial charge on any atom is 0.242 e. The molecule has 0 saturated heterocycles. The molecule has 7 heteroatoms. The summed E-state index contributed by atoms with van der Waals surface area (Å²) in [6.45, 7) is 2.10. The maximum atomic E-state index is 11.9. The highest BCUT2D eigenvalue weighted by molar-refractivity contribution is 6.30. The first kappa shape index (κ1) is 13.5. The Labute approximate surface area is 115 Å². The highest BCUT2D eigenvalue weighted by Crippen LogP contribution is 2.20. The number of benzene rings is 1. The van der Waals surface area contributed by atoms with E-state index in [0.717, 1.165) is 12.0 Å². The molecule has 19 heavy (non-hydrogen) atoms. The van der Waals surface area contributed by atoms with Crippen LogP contribution in [0.25, 0.3) is 0 Å². The molecule has 100 valence electrons. The minimum atomic E-state index is -0.140. The fraction of sp³-hybridized carbons (Fsp3) is 0.333. The Kier molecular flexibility index (Phi) is 4.46. The molecule has 1 aromatic heterocycles. The van der Waals surface area contributed by atoms with Gasteiger partial charge in [-0.1, -0.05) is 30.7 Å². The third-order valence-electron chi connectivity index (χ3n) is 2.69. The predicted octanol–water partition coefficient (Wildman–Crippen LogP) is 1.59. The van der Waals surface area contributed by atoms with E-state index in [9.17, 15) is 4.79 Å². The number of aromatic nitrogens is 4. The highest BCUT2D eigenvalue weighted by Gasteiger charge is 2.13. The summed E-state index contributed by atoms with van der Waals surface area (Å²) in [6.07, 6.45) is 2.18. The van der Waals surface area contributed by atoms with Crippen LogP contribution in [0.2, 0.25) is 5.02 Å². The van der Waals surface area contributed by atoms with Gasteiger partial charge in [-0.3, -0.25) is 4.79 Å².